The predicted octanol–water partition coefficient (Wildman–Crippen LogP) is 4.83. The second kappa shape index (κ2) is 8.12. The number of methoxy groups -OCH3 is 1. The third-order valence-electron chi connectivity index (χ3n) is 4.77. The fourth-order valence-electron chi connectivity index (χ4n) is 3.19. The molecule has 1 N–H and O–H groups in total. The number of nitrogens with one attached hydrogen (secondary N) is 1. The summed E-state index contributed by atoms with van der Waals surface area (Å²) >= 11 is 0. The summed E-state index contributed by atoms with van der Waals surface area (Å²) in [5.41, 5.74) is 1.74. The number of benzene rings is 3. The summed E-state index contributed by atoms with van der Waals surface area (Å²) in [7, 11) is -2.27. The Morgan fingerprint density at radius 1 is 1.00 bits per heavy atom. The summed E-state index contributed by atoms with van der Waals surface area (Å²) in [5.74, 6) is 0.258. The second-order valence-electron chi connectivity index (χ2n) is 6.68. The minimum Gasteiger partial charge on any atom is -0.497 e. The van der Waals surface area contributed by atoms with Gasteiger partial charge in [-0.3, -0.25) is 4.98 Å². The lowest BCUT2D eigenvalue weighted by molar-refractivity contribution is 0.414. The van der Waals surface area contributed by atoms with E-state index in [-0.39, 0.29) is 9.79 Å². The first-order valence-electron chi connectivity index (χ1n) is 9.24. The molecular weight excluding hydrogens is 403 g/mol. The molecular formula is C23H19FN2O3S. The van der Waals surface area contributed by atoms with Gasteiger partial charge in [-0.15, -0.1) is 0 Å². The second-order valence-corrected chi connectivity index (χ2v) is 8.60. The van der Waals surface area contributed by atoms with Gasteiger partial charge in [0.25, 0.3) is 0 Å². The van der Waals surface area contributed by atoms with E-state index in [0.717, 1.165) is 11.3 Å². The van der Waals surface area contributed by atoms with Crippen molar-refractivity contribution in [2.75, 3.05) is 12.4 Å². The number of anilines is 1. The van der Waals surface area contributed by atoms with Crippen LogP contribution in [0, 0.1) is 5.82 Å². The number of sulfone groups is 1. The molecule has 152 valence electrons. The van der Waals surface area contributed by atoms with Gasteiger partial charge in [-0.1, -0.05) is 30.3 Å². The first-order chi connectivity index (χ1) is 14.5. The Bertz CT molecular complexity index is 1290. The third kappa shape index (κ3) is 3.84. The molecule has 0 spiro atoms. The fourth-order valence-corrected chi connectivity index (χ4v) is 4.60. The van der Waals surface area contributed by atoms with Gasteiger partial charge in [0.15, 0.2) is 0 Å². The Labute approximate surface area is 174 Å². The monoisotopic (exact) mass is 422 g/mol. The van der Waals surface area contributed by atoms with Crippen LogP contribution in [0.2, 0.25) is 0 Å². The Kier molecular flexibility index (Phi) is 5.37. The average molecular weight is 422 g/mol. The van der Waals surface area contributed by atoms with Gasteiger partial charge in [-0.2, -0.15) is 0 Å². The molecule has 0 saturated carbocycles. The largest absolute Gasteiger partial charge is 0.497 e. The van der Waals surface area contributed by atoms with E-state index in [1.165, 1.54) is 36.5 Å². The summed E-state index contributed by atoms with van der Waals surface area (Å²) in [6, 6.07) is 19.6. The molecule has 4 rings (SSSR count). The lowest BCUT2D eigenvalue weighted by Gasteiger charge is -2.15. The number of nitrogens with zero attached hydrogens (tertiary/aromatic N) is 1. The number of halogens is 1. The van der Waals surface area contributed by atoms with Crippen LogP contribution in [0.3, 0.4) is 0 Å². The van der Waals surface area contributed by atoms with Crippen LogP contribution in [-0.2, 0) is 16.4 Å². The molecule has 0 radical (unpaired) electrons. The molecule has 1 heterocycles. The molecule has 0 atom stereocenters. The zero-order valence-electron chi connectivity index (χ0n) is 16.2. The van der Waals surface area contributed by atoms with E-state index in [1.54, 1.807) is 25.3 Å². The summed E-state index contributed by atoms with van der Waals surface area (Å²) in [4.78, 5) is 4.40. The normalized spacial score (nSPS) is 11.4. The summed E-state index contributed by atoms with van der Waals surface area (Å²) < 4.78 is 45.7. The summed E-state index contributed by atoms with van der Waals surface area (Å²) in [5, 5.41) is 3.59. The first-order valence-corrected chi connectivity index (χ1v) is 10.7. The highest BCUT2D eigenvalue weighted by molar-refractivity contribution is 7.91. The molecule has 5 nitrogen and oxygen atoms in total. The van der Waals surface area contributed by atoms with Crippen molar-refractivity contribution in [3.8, 4) is 5.75 Å². The number of hydrogen-bond donors (Lipinski definition) is 1. The van der Waals surface area contributed by atoms with Crippen LogP contribution >= 0.6 is 0 Å². The quantitative estimate of drug-likeness (QED) is 0.482. The van der Waals surface area contributed by atoms with E-state index >= 15 is 0 Å². The van der Waals surface area contributed by atoms with E-state index in [2.05, 4.69) is 10.3 Å². The van der Waals surface area contributed by atoms with Crippen molar-refractivity contribution in [3.63, 3.8) is 0 Å². The van der Waals surface area contributed by atoms with Crippen LogP contribution < -0.4 is 10.1 Å². The molecule has 0 fully saturated rings. The molecule has 7 heteroatoms. The molecule has 0 unspecified atom stereocenters. The summed E-state index contributed by atoms with van der Waals surface area (Å²) in [6.07, 6.45) is 1.32. The predicted molar refractivity (Wildman–Crippen MR) is 114 cm³/mol. The van der Waals surface area contributed by atoms with Crippen LogP contribution in [0.25, 0.3) is 10.9 Å². The Balaban J connectivity index is 1.82. The van der Waals surface area contributed by atoms with Crippen LogP contribution in [0.15, 0.2) is 88.8 Å². The maximum Gasteiger partial charge on any atom is 0.210 e. The molecule has 0 saturated heterocycles. The van der Waals surface area contributed by atoms with Gasteiger partial charge in [0.1, 0.15) is 16.5 Å². The van der Waals surface area contributed by atoms with Crippen molar-refractivity contribution in [1.29, 1.82) is 0 Å². The lowest BCUT2D eigenvalue weighted by Crippen LogP contribution is -2.09. The van der Waals surface area contributed by atoms with Crippen LogP contribution in [0.1, 0.15) is 5.56 Å². The van der Waals surface area contributed by atoms with E-state index in [9.17, 15) is 12.8 Å². The number of rotatable bonds is 6. The zero-order chi connectivity index (χ0) is 21.1. The van der Waals surface area contributed by atoms with Gasteiger partial charge in [0, 0.05) is 18.1 Å². The maximum absolute atomic E-state index is 14.0. The van der Waals surface area contributed by atoms with Crippen molar-refractivity contribution >= 4 is 26.4 Å². The standard InChI is InChI=1S/C23H19FN2O3S/c1-29-18-10-7-16(8-11-18)14-26-23-20-13-17(24)9-12-21(20)25-15-22(23)30(27,28)19-5-3-2-4-6-19/h2-13,15H,14H2,1H3,(H,25,26). The minimum absolute atomic E-state index is 0.000289. The van der Waals surface area contributed by atoms with Crippen molar-refractivity contribution in [1.82, 2.24) is 4.98 Å². The Hall–Kier alpha value is -3.45. The van der Waals surface area contributed by atoms with Gasteiger partial charge in [-0.25, -0.2) is 12.8 Å². The lowest BCUT2D eigenvalue weighted by atomic mass is 10.1. The van der Waals surface area contributed by atoms with Gasteiger partial charge < -0.3 is 10.1 Å². The van der Waals surface area contributed by atoms with E-state index in [1.807, 2.05) is 24.3 Å². The maximum atomic E-state index is 14.0. The van der Waals surface area contributed by atoms with Gasteiger partial charge in [0.05, 0.1) is 23.2 Å². The molecule has 1 aromatic heterocycles. The Morgan fingerprint density at radius 3 is 2.43 bits per heavy atom. The smallest absolute Gasteiger partial charge is 0.210 e. The SMILES string of the molecule is COc1ccc(CNc2c(S(=O)(=O)c3ccccc3)cnc3ccc(F)cc23)cc1. The highest BCUT2D eigenvalue weighted by Gasteiger charge is 2.24. The van der Waals surface area contributed by atoms with Gasteiger partial charge >= 0.3 is 0 Å². The minimum atomic E-state index is -3.86. The molecule has 0 aliphatic carbocycles. The number of hydrogen-bond acceptors (Lipinski definition) is 5. The van der Waals surface area contributed by atoms with Gasteiger partial charge in [-0.05, 0) is 48.0 Å². The fraction of sp³-hybridized carbons (Fsp3) is 0.0870. The van der Waals surface area contributed by atoms with Crippen molar-refractivity contribution in [2.24, 2.45) is 0 Å². The number of pyridine rings is 1. The number of fused-ring (bicyclic) bond motifs is 1. The zero-order valence-corrected chi connectivity index (χ0v) is 17.0. The number of aromatic nitrogens is 1. The topological polar surface area (TPSA) is 68.3 Å². The van der Waals surface area contributed by atoms with E-state index < -0.39 is 15.7 Å². The summed E-state index contributed by atoms with van der Waals surface area (Å²) in [6.45, 7) is 0.344. The van der Waals surface area contributed by atoms with Crippen LogP contribution in [0.5, 0.6) is 5.75 Å². The van der Waals surface area contributed by atoms with Gasteiger partial charge in [0.2, 0.25) is 9.84 Å². The van der Waals surface area contributed by atoms with Crippen molar-refractivity contribution in [2.45, 2.75) is 16.3 Å². The van der Waals surface area contributed by atoms with Crippen molar-refractivity contribution < 1.29 is 17.5 Å². The molecule has 4 aromatic rings. The highest BCUT2D eigenvalue weighted by Crippen LogP contribution is 2.33. The van der Waals surface area contributed by atoms with E-state index in [0.29, 0.717) is 23.1 Å². The molecule has 0 amide bonds. The molecule has 0 aliphatic rings. The molecule has 0 bridgehead atoms. The van der Waals surface area contributed by atoms with E-state index in [4.69, 9.17) is 4.74 Å². The van der Waals surface area contributed by atoms with Crippen LogP contribution in [-0.4, -0.2) is 20.5 Å². The molecule has 30 heavy (non-hydrogen) atoms. The number of ether oxygens (including phenoxy) is 1. The molecule has 3 aromatic carbocycles. The molecule has 0 aliphatic heterocycles. The average Bonchev–Trinajstić information content (AvgIpc) is 2.78. The third-order valence-corrected chi connectivity index (χ3v) is 6.55. The highest BCUT2D eigenvalue weighted by atomic mass is 32.2. The Morgan fingerprint density at radius 2 is 1.73 bits per heavy atom. The van der Waals surface area contributed by atoms with Crippen LogP contribution in [0.4, 0.5) is 10.1 Å². The first kappa shape index (κ1) is 19.8. The van der Waals surface area contributed by atoms with Crippen molar-refractivity contribution in [3.05, 3.63) is 90.4 Å².